The van der Waals surface area contributed by atoms with Crippen LogP contribution in [0.3, 0.4) is 0 Å². The molecule has 0 aromatic heterocycles. The van der Waals surface area contributed by atoms with E-state index in [2.05, 4.69) is 38.2 Å². The van der Waals surface area contributed by atoms with Crippen LogP contribution in [-0.4, -0.2) is 19.8 Å². The first-order valence-electron chi connectivity index (χ1n) is 6.57. The highest BCUT2D eigenvalue weighted by Crippen LogP contribution is 2.29. The van der Waals surface area contributed by atoms with Gasteiger partial charge in [-0.3, -0.25) is 0 Å². The lowest BCUT2D eigenvalue weighted by molar-refractivity contribution is -0.101. The van der Waals surface area contributed by atoms with E-state index >= 15 is 0 Å². The summed E-state index contributed by atoms with van der Waals surface area (Å²) in [6.45, 7) is 9.48. The van der Waals surface area contributed by atoms with Gasteiger partial charge in [0.05, 0.1) is 13.2 Å². The van der Waals surface area contributed by atoms with E-state index in [4.69, 9.17) is 16.3 Å². The van der Waals surface area contributed by atoms with Gasteiger partial charge in [0.15, 0.2) is 0 Å². The zero-order valence-corrected chi connectivity index (χ0v) is 12.1. The van der Waals surface area contributed by atoms with Crippen LogP contribution >= 0.6 is 11.6 Å². The number of hydrogen-bond donors (Lipinski definition) is 1. The van der Waals surface area contributed by atoms with Gasteiger partial charge < -0.3 is 10.1 Å². The van der Waals surface area contributed by atoms with E-state index in [1.807, 2.05) is 12.1 Å². The van der Waals surface area contributed by atoms with Crippen LogP contribution in [0.25, 0.3) is 0 Å². The van der Waals surface area contributed by atoms with E-state index in [0.717, 1.165) is 24.8 Å². The summed E-state index contributed by atoms with van der Waals surface area (Å²) < 4.78 is 5.29. The lowest BCUT2D eigenvalue weighted by Gasteiger charge is -2.40. The molecule has 1 fully saturated rings. The smallest absolute Gasteiger partial charge is 0.0554 e. The molecule has 2 nitrogen and oxygen atoms in total. The first kappa shape index (κ1) is 13.9. The molecule has 3 heteroatoms. The van der Waals surface area contributed by atoms with Gasteiger partial charge in [0.25, 0.3) is 0 Å². The van der Waals surface area contributed by atoms with Gasteiger partial charge in [-0.1, -0.05) is 44.5 Å². The average molecular weight is 268 g/mol. The van der Waals surface area contributed by atoms with Crippen molar-refractivity contribution in [1.82, 2.24) is 5.32 Å². The van der Waals surface area contributed by atoms with Gasteiger partial charge in [0, 0.05) is 23.0 Å². The molecule has 0 radical (unpaired) electrons. The van der Waals surface area contributed by atoms with Crippen LogP contribution in [0.5, 0.6) is 0 Å². The summed E-state index contributed by atoms with van der Waals surface area (Å²) in [6.07, 6.45) is 0. The van der Waals surface area contributed by atoms with Crippen LogP contribution in [0.15, 0.2) is 24.3 Å². The summed E-state index contributed by atoms with van der Waals surface area (Å²) in [4.78, 5) is 0. The third kappa shape index (κ3) is 3.25. The summed E-state index contributed by atoms with van der Waals surface area (Å²) in [6, 6.07) is 8.52. The normalized spacial score (nSPS) is 19.6. The second-order valence-corrected chi connectivity index (χ2v) is 6.39. The maximum absolute atomic E-state index is 5.94. The minimum atomic E-state index is 0.305. The summed E-state index contributed by atoms with van der Waals surface area (Å²) in [5.41, 5.74) is 1.61. The molecule has 1 aliphatic rings. The quantitative estimate of drug-likeness (QED) is 0.879. The topological polar surface area (TPSA) is 21.3 Å². The molecule has 0 aliphatic carbocycles. The van der Waals surface area contributed by atoms with Gasteiger partial charge in [0.2, 0.25) is 0 Å². The van der Waals surface area contributed by atoms with E-state index in [1.54, 1.807) is 0 Å². The highest BCUT2D eigenvalue weighted by atomic mass is 35.5. The minimum absolute atomic E-state index is 0.305. The number of nitrogens with one attached hydrogen (secondary N) is 1. The SMILES string of the molecule is CC(C)C(NCC1(C)COC1)c1ccc(Cl)cc1. The van der Waals surface area contributed by atoms with Crippen molar-refractivity contribution in [2.45, 2.75) is 26.8 Å². The van der Waals surface area contributed by atoms with Gasteiger partial charge in [-0.15, -0.1) is 0 Å². The van der Waals surface area contributed by atoms with E-state index in [-0.39, 0.29) is 0 Å². The van der Waals surface area contributed by atoms with Crippen molar-refractivity contribution < 1.29 is 4.74 Å². The molecule has 1 saturated heterocycles. The van der Waals surface area contributed by atoms with Crippen LogP contribution in [0.1, 0.15) is 32.4 Å². The molecule has 1 N–H and O–H groups in total. The van der Waals surface area contributed by atoms with E-state index < -0.39 is 0 Å². The fourth-order valence-corrected chi connectivity index (χ4v) is 2.44. The highest BCUT2D eigenvalue weighted by molar-refractivity contribution is 6.30. The molecule has 0 spiro atoms. The summed E-state index contributed by atoms with van der Waals surface area (Å²) in [7, 11) is 0. The van der Waals surface area contributed by atoms with Crippen molar-refractivity contribution in [1.29, 1.82) is 0 Å². The van der Waals surface area contributed by atoms with Crippen molar-refractivity contribution in [2.24, 2.45) is 11.3 Å². The Labute approximate surface area is 115 Å². The fraction of sp³-hybridized carbons (Fsp3) is 0.600. The predicted molar refractivity (Wildman–Crippen MR) is 76.0 cm³/mol. The van der Waals surface area contributed by atoms with E-state index in [0.29, 0.717) is 17.4 Å². The zero-order valence-electron chi connectivity index (χ0n) is 11.4. The van der Waals surface area contributed by atoms with Gasteiger partial charge >= 0.3 is 0 Å². The van der Waals surface area contributed by atoms with Crippen LogP contribution < -0.4 is 5.32 Å². The molecule has 1 aromatic rings. The summed E-state index contributed by atoms with van der Waals surface area (Å²) >= 11 is 5.94. The highest BCUT2D eigenvalue weighted by Gasteiger charge is 2.34. The average Bonchev–Trinajstić information content (AvgIpc) is 2.29. The Morgan fingerprint density at radius 1 is 1.28 bits per heavy atom. The third-order valence-corrected chi connectivity index (χ3v) is 3.80. The standard InChI is InChI=1S/C15H22ClNO/c1-11(2)14(12-4-6-13(16)7-5-12)17-8-15(3)9-18-10-15/h4-7,11,14,17H,8-10H2,1-3H3. The molecule has 18 heavy (non-hydrogen) atoms. The molecule has 100 valence electrons. The Bertz CT molecular complexity index is 384. The Kier molecular flexibility index (Phi) is 4.31. The maximum Gasteiger partial charge on any atom is 0.0554 e. The van der Waals surface area contributed by atoms with Gasteiger partial charge in [-0.05, 0) is 23.6 Å². The molecule has 1 aliphatic heterocycles. The minimum Gasteiger partial charge on any atom is -0.380 e. The molecule has 2 rings (SSSR count). The third-order valence-electron chi connectivity index (χ3n) is 3.55. The zero-order chi connectivity index (χ0) is 13.2. The van der Waals surface area contributed by atoms with Crippen LogP contribution in [0.2, 0.25) is 5.02 Å². The van der Waals surface area contributed by atoms with Crippen molar-refractivity contribution in [2.75, 3.05) is 19.8 Å². The molecule has 0 amide bonds. The van der Waals surface area contributed by atoms with Crippen LogP contribution in [-0.2, 0) is 4.74 Å². The lowest BCUT2D eigenvalue weighted by atomic mass is 9.87. The van der Waals surface area contributed by atoms with Crippen molar-refractivity contribution in [3.8, 4) is 0 Å². The van der Waals surface area contributed by atoms with Gasteiger partial charge in [-0.2, -0.15) is 0 Å². The molecule has 0 bridgehead atoms. The number of benzene rings is 1. The fourth-order valence-electron chi connectivity index (χ4n) is 2.32. The molecule has 1 aromatic carbocycles. The largest absolute Gasteiger partial charge is 0.380 e. The summed E-state index contributed by atoms with van der Waals surface area (Å²) in [5.74, 6) is 0.552. The van der Waals surface area contributed by atoms with Crippen LogP contribution in [0.4, 0.5) is 0 Å². The number of halogens is 1. The Balaban J connectivity index is 2.01. The molecular weight excluding hydrogens is 246 g/mol. The maximum atomic E-state index is 5.94. The molecule has 1 atom stereocenters. The van der Waals surface area contributed by atoms with Crippen molar-refractivity contribution >= 4 is 11.6 Å². The first-order valence-corrected chi connectivity index (χ1v) is 6.95. The van der Waals surface area contributed by atoms with Crippen molar-refractivity contribution in [3.63, 3.8) is 0 Å². The second kappa shape index (κ2) is 5.60. The monoisotopic (exact) mass is 267 g/mol. The summed E-state index contributed by atoms with van der Waals surface area (Å²) in [5, 5.41) is 4.47. The number of rotatable bonds is 5. The molecule has 1 heterocycles. The van der Waals surface area contributed by atoms with Gasteiger partial charge in [-0.25, -0.2) is 0 Å². The first-order chi connectivity index (χ1) is 8.50. The van der Waals surface area contributed by atoms with Crippen LogP contribution in [0, 0.1) is 11.3 Å². The van der Waals surface area contributed by atoms with Crippen molar-refractivity contribution in [3.05, 3.63) is 34.9 Å². The van der Waals surface area contributed by atoms with E-state index in [9.17, 15) is 0 Å². The Hall–Kier alpha value is -0.570. The second-order valence-electron chi connectivity index (χ2n) is 5.96. The molecular formula is C15H22ClNO. The Morgan fingerprint density at radius 3 is 2.33 bits per heavy atom. The predicted octanol–water partition coefficient (Wildman–Crippen LogP) is 3.66. The number of ether oxygens (including phenoxy) is 1. The molecule has 1 unspecified atom stereocenters. The number of hydrogen-bond acceptors (Lipinski definition) is 2. The lowest BCUT2D eigenvalue weighted by Crippen LogP contribution is -2.48. The molecule has 0 saturated carbocycles. The van der Waals surface area contributed by atoms with E-state index in [1.165, 1.54) is 5.56 Å². The van der Waals surface area contributed by atoms with Gasteiger partial charge in [0.1, 0.15) is 0 Å². The Morgan fingerprint density at radius 2 is 1.89 bits per heavy atom.